The normalized spacial score (nSPS) is 16.2. The number of aromatic nitrogens is 1. The number of thiophene rings is 1. The van der Waals surface area contributed by atoms with Gasteiger partial charge in [-0.2, -0.15) is 0 Å². The van der Waals surface area contributed by atoms with Crippen LogP contribution in [0.4, 0.5) is 0 Å². The molecule has 0 amide bonds. The van der Waals surface area contributed by atoms with Crippen LogP contribution in [-0.4, -0.2) is 4.57 Å². The quantitative estimate of drug-likeness (QED) is 0.213. The van der Waals surface area contributed by atoms with Gasteiger partial charge in [-0.25, -0.2) is 4.99 Å². The van der Waals surface area contributed by atoms with E-state index in [0.717, 1.165) is 39.3 Å². The molecule has 5 aromatic rings. The van der Waals surface area contributed by atoms with Crippen LogP contribution in [0.5, 0.6) is 5.75 Å². The summed E-state index contributed by atoms with van der Waals surface area (Å²) in [6.07, 6.45) is 3.73. The summed E-state index contributed by atoms with van der Waals surface area (Å²) >= 11 is 15.5. The number of hydrogen-bond acceptors (Lipinski definition) is 5. The summed E-state index contributed by atoms with van der Waals surface area (Å²) in [7, 11) is 0. The lowest BCUT2D eigenvalue weighted by molar-refractivity contribution is 0.305. The Hall–Kier alpha value is -3.42. The number of thiazole rings is 1. The van der Waals surface area contributed by atoms with Crippen LogP contribution in [-0.2, 0) is 13.0 Å². The predicted octanol–water partition coefficient (Wildman–Crippen LogP) is 7.27. The lowest BCUT2D eigenvalue weighted by atomic mass is 9.85. The fraction of sp³-hybridized carbons (Fsp3) is 0.125. The number of aryl methyl sites for hydroxylation is 1. The third-order valence-corrected chi connectivity index (χ3v) is 9.78. The van der Waals surface area contributed by atoms with Crippen LogP contribution in [0.1, 0.15) is 39.6 Å². The molecule has 0 N–H and O–H groups in total. The van der Waals surface area contributed by atoms with Crippen molar-refractivity contribution < 1.29 is 4.74 Å². The molecule has 0 bridgehead atoms. The van der Waals surface area contributed by atoms with E-state index >= 15 is 0 Å². The Morgan fingerprint density at radius 1 is 1.00 bits per heavy atom. The van der Waals surface area contributed by atoms with Crippen molar-refractivity contribution in [2.75, 3.05) is 0 Å². The number of fused-ring (bicyclic) bond motifs is 3. The molecule has 2 aliphatic rings. The molecule has 0 fully saturated rings. The fourth-order valence-corrected chi connectivity index (χ4v) is 7.69. The molecule has 40 heavy (non-hydrogen) atoms. The van der Waals surface area contributed by atoms with Crippen molar-refractivity contribution in [3.05, 3.63) is 147 Å². The molecule has 0 unspecified atom stereocenters. The van der Waals surface area contributed by atoms with Gasteiger partial charge >= 0.3 is 0 Å². The van der Waals surface area contributed by atoms with E-state index in [1.165, 1.54) is 28.0 Å². The van der Waals surface area contributed by atoms with Crippen LogP contribution in [0.25, 0.3) is 11.8 Å². The summed E-state index contributed by atoms with van der Waals surface area (Å²) in [5.41, 5.74) is 6.31. The SMILES string of the molecule is O=c1/c(=C/c2ccccc2OCc2ccc(Cl)cc2Cl)sc2n1[C@@H](c1cccs1)C1=C(N=2)c2ccccc2CC1. The first kappa shape index (κ1) is 25.5. The van der Waals surface area contributed by atoms with Gasteiger partial charge in [0.15, 0.2) is 4.80 Å². The van der Waals surface area contributed by atoms with Crippen molar-refractivity contribution in [1.82, 2.24) is 4.57 Å². The van der Waals surface area contributed by atoms with E-state index in [-0.39, 0.29) is 18.2 Å². The smallest absolute Gasteiger partial charge is 0.271 e. The fourth-order valence-electron chi connectivity index (χ4n) is 5.38. The highest BCUT2D eigenvalue weighted by Gasteiger charge is 2.33. The minimum absolute atomic E-state index is 0.0388. The first-order chi connectivity index (χ1) is 19.6. The number of ether oxygens (including phenoxy) is 1. The summed E-state index contributed by atoms with van der Waals surface area (Å²) < 4.78 is 8.66. The highest BCUT2D eigenvalue weighted by atomic mass is 35.5. The van der Waals surface area contributed by atoms with Crippen molar-refractivity contribution in [2.24, 2.45) is 4.99 Å². The average Bonchev–Trinajstić information content (AvgIpc) is 3.60. The molecule has 7 rings (SSSR count). The number of rotatable bonds is 5. The molecule has 1 aliphatic heterocycles. The predicted molar refractivity (Wildman–Crippen MR) is 164 cm³/mol. The Kier molecular flexibility index (Phi) is 6.72. The molecule has 1 atom stereocenters. The Morgan fingerprint density at radius 2 is 1.85 bits per heavy atom. The van der Waals surface area contributed by atoms with Crippen LogP contribution in [0.3, 0.4) is 0 Å². The first-order valence-corrected chi connectivity index (χ1v) is 15.3. The highest BCUT2D eigenvalue weighted by molar-refractivity contribution is 7.10. The van der Waals surface area contributed by atoms with E-state index in [1.54, 1.807) is 23.5 Å². The monoisotopic (exact) mass is 600 g/mol. The van der Waals surface area contributed by atoms with Gasteiger partial charge in [0.05, 0.1) is 16.3 Å². The van der Waals surface area contributed by atoms with Crippen molar-refractivity contribution in [1.29, 1.82) is 0 Å². The summed E-state index contributed by atoms with van der Waals surface area (Å²) in [6, 6.07) is 25.5. The maximum atomic E-state index is 14.0. The summed E-state index contributed by atoms with van der Waals surface area (Å²) in [5.74, 6) is 0.669. The molecule has 0 radical (unpaired) electrons. The first-order valence-electron chi connectivity index (χ1n) is 12.9. The van der Waals surface area contributed by atoms with Gasteiger partial charge in [-0.05, 0) is 59.7 Å². The molecule has 8 heteroatoms. The number of allylic oxidation sites excluding steroid dienone is 1. The van der Waals surface area contributed by atoms with E-state index < -0.39 is 0 Å². The second kappa shape index (κ2) is 10.5. The number of nitrogens with zero attached hydrogens (tertiary/aromatic N) is 2. The molecule has 4 nitrogen and oxygen atoms in total. The van der Waals surface area contributed by atoms with E-state index in [2.05, 4.69) is 35.7 Å². The van der Waals surface area contributed by atoms with Gasteiger partial charge < -0.3 is 4.74 Å². The largest absolute Gasteiger partial charge is 0.488 e. The minimum Gasteiger partial charge on any atom is -0.488 e. The highest BCUT2D eigenvalue weighted by Crippen LogP contribution is 2.42. The molecular weight excluding hydrogens is 579 g/mol. The Balaban J connectivity index is 1.33. The van der Waals surface area contributed by atoms with E-state index in [1.807, 2.05) is 47.0 Å². The molecule has 1 aliphatic carbocycles. The van der Waals surface area contributed by atoms with Gasteiger partial charge in [0.2, 0.25) is 0 Å². The Morgan fingerprint density at radius 3 is 2.70 bits per heavy atom. The van der Waals surface area contributed by atoms with Crippen LogP contribution in [0, 0.1) is 0 Å². The molecule has 2 aromatic heterocycles. The average molecular weight is 602 g/mol. The van der Waals surface area contributed by atoms with Gasteiger partial charge in [-0.3, -0.25) is 9.36 Å². The maximum Gasteiger partial charge on any atom is 0.271 e. The molecule has 198 valence electrons. The van der Waals surface area contributed by atoms with Gasteiger partial charge in [0, 0.05) is 31.6 Å². The number of benzene rings is 3. The van der Waals surface area contributed by atoms with Gasteiger partial charge in [-0.1, -0.05) is 89.1 Å². The van der Waals surface area contributed by atoms with E-state index in [0.29, 0.717) is 20.3 Å². The molecule has 0 saturated heterocycles. The van der Waals surface area contributed by atoms with Crippen LogP contribution in [0.2, 0.25) is 10.0 Å². The third kappa shape index (κ3) is 4.55. The zero-order chi connectivity index (χ0) is 27.2. The molecular formula is C32H22Cl2N2O2S2. The zero-order valence-electron chi connectivity index (χ0n) is 21.1. The summed E-state index contributed by atoms with van der Waals surface area (Å²) in [5, 5.41) is 3.20. The van der Waals surface area contributed by atoms with Gasteiger partial charge in [0.25, 0.3) is 5.56 Å². The van der Waals surface area contributed by atoms with Crippen molar-refractivity contribution in [3.63, 3.8) is 0 Å². The molecule has 3 aromatic carbocycles. The Labute approximate surface area is 248 Å². The van der Waals surface area contributed by atoms with Gasteiger partial charge in [-0.15, -0.1) is 11.3 Å². The van der Waals surface area contributed by atoms with E-state index in [4.69, 9.17) is 32.9 Å². The maximum absolute atomic E-state index is 14.0. The van der Waals surface area contributed by atoms with Crippen LogP contribution in [0.15, 0.2) is 99.6 Å². The van der Waals surface area contributed by atoms with Crippen LogP contribution >= 0.6 is 45.9 Å². The summed E-state index contributed by atoms with van der Waals surface area (Å²) in [4.78, 5) is 21.0. The van der Waals surface area contributed by atoms with Crippen LogP contribution < -0.4 is 19.6 Å². The molecule has 0 spiro atoms. The number of hydrogen-bond donors (Lipinski definition) is 0. The molecule has 3 heterocycles. The van der Waals surface area contributed by atoms with E-state index in [9.17, 15) is 4.79 Å². The Bertz CT molecular complexity index is 1970. The second-order valence-electron chi connectivity index (χ2n) is 9.69. The van der Waals surface area contributed by atoms with Gasteiger partial charge in [0.1, 0.15) is 12.4 Å². The molecule has 0 saturated carbocycles. The van der Waals surface area contributed by atoms with Crippen molar-refractivity contribution >= 4 is 57.6 Å². The van der Waals surface area contributed by atoms with Crippen molar-refractivity contribution in [2.45, 2.75) is 25.5 Å². The third-order valence-electron chi connectivity index (χ3n) is 7.29. The number of para-hydroxylation sites is 1. The second-order valence-corrected chi connectivity index (χ2v) is 12.5. The zero-order valence-corrected chi connectivity index (χ0v) is 24.3. The van der Waals surface area contributed by atoms with Crippen molar-refractivity contribution in [3.8, 4) is 5.75 Å². The lowest BCUT2D eigenvalue weighted by Crippen LogP contribution is -2.38. The lowest BCUT2D eigenvalue weighted by Gasteiger charge is -2.30. The minimum atomic E-state index is -0.153. The number of halogens is 2. The summed E-state index contributed by atoms with van der Waals surface area (Å²) in [6.45, 7) is 0.284. The standard InChI is InChI=1S/C32H22Cl2N2O2S2/c33-22-13-11-21(25(34)17-22)18-38-26-9-4-2-7-20(26)16-28-31(37)36-30(27-10-5-15-39-27)24-14-12-19-6-1-3-8-23(19)29(24)35-32(36)40-28/h1-11,13,15-17,30H,12,14,18H2/b28-16-/t30-/m1/s1. The topological polar surface area (TPSA) is 43.6 Å².